The number of carbonyl (C=O) groups excluding carboxylic acids is 2. The average molecular weight is 525 g/mol. The Morgan fingerprint density at radius 1 is 1.03 bits per heavy atom. The van der Waals surface area contributed by atoms with Gasteiger partial charge in [-0.15, -0.1) is 0 Å². The van der Waals surface area contributed by atoms with Crippen LogP contribution in [0.4, 0.5) is 16.3 Å². The molecule has 0 N–H and O–H groups in total. The zero-order chi connectivity index (χ0) is 25.9. The largest absolute Gasteiger partial charge is 0.447 e. The van der Waals surface area contributed by atoms with E-state index in [0.29, 0.717) is 43.7 Å². The van der Waals surface area contributed by atoms with Crippen molar-refractivity contribution < 1.29 is 22.7 Å². The second-order valence-electron chi connectivity index (χ2n) is 10.8. The predicted octanol–water partition coefficient (Wildman–Crippen LogP) is 3.55. The number of hydrogen-bond acceptors (Lipinski definition) is 7. The van der Waals surface area contributed by atoms with Crippen LogP contribution >= 0.6 is 0 Å². The zero-order valence-corrected chi connectivity index (χ0v) is 22.0. The van der Waals surface area contributed by atoms with Gasteiger partial charge in [-0.2, -0.15) is 0 Å². The summed E-state index contributed by atoms with van der Waals surface area (Å²) in [5.74, 6) is 1.98. The molecular formula is C27H32N4O5S. The molecule has 10 heteroatoms. The van der Waals surface area contributed by atoms with Gasteiger partial charge in [0.25, 0.3) is 5.91 Å². The fraction of sp³-hybridized carbons (Fsp3) is 0.519. The van der Waals surface area contributed by atoms with Crippen LogP contribution < -0.4 is 9.80 Å². The number of rotatable bonds is 6. The third-order valence-electron chi connectivity index (χ3n) is 7.81. The number of amides is 2. The van der Waals surface area contributed by atoms with Gasteiger partial charge in [0.1, 0.15) is 12.4 Å². The molecule has 2 aliphatic heterocycles. The van der Waals surface area contributed by atoms with Crippen LogP contribution in [-0.4, -0.2) is 75.4 Å². The minimum Gasteiger partial charge on any atom is -0.447 e. The molecule has 1 aromatic heterocycles. The number of piperazine rings is 1. The number of nitrogens with zero attached hydrogens (tertiary/aromatic N) is 4. The van der Waals surface area contributed by atoms with E-state index < -0.39 is 15.9 Å². The first-order valence-corrected chi connectivity index (χ1v) is 14.9. The number of anilines is 2. The number of ether oxygens (including phenoxy) is 1. The van der Waals surface area contributed by atoms with Crippen molar-refractivity contribution in [3.63, 3.8) is 0 Å². The van der Waals surface area contributed by atoms with Gasteiger partial charge in [0.15, 0.2) is 9.84 Å². The Kier molecular flexibility index (Phi) is 5.89. The van der Waals surface area contributed by atoms with Crippen LogP contribution in [0.2, 0.25) is 0 Å². The number of aromatic nitrogens is 1. The summed E-state index contributed by atoms with van der Waals surface area (Å²) in [6.07, 6.45) is 7.51. The fourth-order valence-corrected chi connectivity index (χ4v) is 6.29. The molecule has 2 saturated carbocycles. The van der Waals surface area contributed by atoms with Crippen molar-refractivity contribution in [2.45, 2.75) is 55.4 Å². The van der Waals surface area contributed by atoms with E-state index >= 15 is 0 Å². The monoisotopic (exact) mass is 524 g/mol. The standard InChI is InChI=1S/C27H32N4O5S/c1-17-16-36-27(33)31(17)21-7-8-22(24(14-21)37(2,34)35)26(32)30-11-9-29(10-12-30)25-23(19-5-6-19)13-20(15-28-25)18-3-4-18/h7-8,13-15,17-19H,3-6,9-12,16H2,1-2H3/t17-/m0/s1. The van der Waals surface area contributed by atoms with E-state index in [-0.39, 0.29) is 29.0 Å². The summed E-state index contributed by atoms with van der Waals surface area (Å²) in [5.41, 5.74) is 3.23. The fourth-order valence-electron chi connectivity index (χ4n) is 5.40. The molecular weight excluding hydrogens is 492 g/mol. The maximum absolute atomic E-state index is 13.5. The zero-order valence-electron chi connectivity index (χ0n) is 21.2. The topological polar surface area (TPSA) is 100 Å². The first-order valence-electron chi connectivity index (χ1n) is 13.0. The van der Waals surface area contributed by atoms with Crippen LogP contribution in [0.15, 0.2) is 35.4 Å². The van der Waals surface area contributed by atoms with Gasteiger partial charge in [0, 0.05) is 44.3 Å². The molecule has 3 heterocycles. The number of pyridine rings is 1. The number of carbonyl (C=O) groups is 2. The molecule has 0 radical (unpaired) electrons. The summed E-state index contributed by atoms with van der Waals surface area (Å²) in [5, 5.41) is 0. The molecule has 1 aromatic carbocycles. The third-order valence-corrected chi connectivity index (χ3v) is 8.94. The van der Waals surface area contributed by atoms with Crippen molar-refractivity contribution in [1.82, 2.24) is 9.88 Å². The van der Waals surface area contributed by atoms with Crippen molar-refractivity contribution >= 4 is 33.3 Å². The first kappa shape index (κ1) is 24.2. The first-order chi connectivity index (χ1) is 17.7. The summed E-state index contributed by atoms with van der Waals surface area (Å²) in [7, 11) is -3.72. The highest BCUT2D eigenvalue weighted by Crippen LogP contribution is 2.47. The summed E-state index contributed by atoms with van der Waals surface area (Å²) in [6, 6.07) is 6.68. The smallest absolute Gasteiger partial charge is 0.414 e. The molecule has 0 unspecified atom stereocenters. The quantitative estimate of drug-likeness (QED) is 0.570. The number of cyclic esters (lactones) is 1. The van der Waals surface area contributed by atoms with Crippen molar-refractivity contribution in [1.29, 1.82) is 0 Å². The molecule has 37 heavy (non-hydrogen) atoms. The van der Waals surface area contributed by atoms with Gasteiger partial charge in [0.2, 0.25) is 0 Å². The van der Waals surface area contributed by atoms with Gasteiger partial charge in [-0.25, -0.2) is 18.2 Å². The Bertz CT molecular complexity index is 1360. The molecule has 2 aromatic rings. The van der Waals surface area contributed by atoms with Crippen molar-refractivity contribution in [3.05, 3.63) is 47.2 Å². The Morgan fingerprint density at radius 2 is 1.73 bits per heavy atom. The maximum atomic E-state index is 13.5. The molecule has 1 atom stereocenters. The van der Waals surface area contributed by atoms with Gasteiger partial charge >= 0.3 is 6.09 Å². The SMILES string of the molecule is C[C@H]1COC(=O)N1c1ccc(C(=O)N2CCN(c3ncc(C4CC4)cc3C3CC3)CC2)c(S(C)(=O)=O)c1. The van der Waals surface area contributed by atoms with Gasteiger partial charge in [0.05, 0.1) is 16.5 Å². The van der Waals surface area contributed by atoms with Crippen LogP contribution in [0.3, 0.4) is 0 Å². The van der Waals surface area contributed by atoms with Gasteiger partial charge in [-0.05, 0) is 73.8 Å². The Balaban J connectivity index is 1.21. The maximum Gasteiger partial charge on any atom is 0.414 e. The molecule has 2 saturated heterocycles. The average Bonchev–Trinajstić information content (AvgIpc) is 3.81. The van der Waals surface area contributed by atoms with Crippen molar-refractivity contribution in [2.75, 3.05) is 48.8 Å². The summed E-state index contributed by atoms with van der Waals surface area (Å²) >= 11 is 0. The van der Waals surface area contributed by atoms with Crippen LogP contribution in [-0.2, 0) is 14.6 Å². The number of benzene rings is 1. The van der Waals surface area contributed by atoms with Gasteiger partial charge in [-0.1, -0.05) is 6.07 Å². The van der Waals surface area contributed by atoms with E-state index in [1.165, 1.54) is 53.8 Å². The molecule has 196 valence electrons. The lowest BCUT2D eigenvalue weighted by Crippen LogP contribution is -2.49. The lowest BCUT2D eigenvalue weighted by Gasteiger charge is -2.36. The van der Waals surface area contributed by atoms with Crippen molar-refractivity contribution in [2.24, 2.45) is 0 Å². The molecule has 4 fully saturated rings. The van der Waals surface area contributed by atoms with Crippen LogP contribution in [0.25, 0.3) is 0 Å². The Hall–Kier alpha value is -3.14. The number of hydrogen-bond donors (Lipinski definition) is 0. The minimum atomic E-state index is -3.72. The summed E-state index contributed by atoms with van der Waals surface area (Å²) in [6.45, 7) is 4.31. The molecule has 0 bridgehead atoms. The highest BCUT2D eigenvalue weighted by molar-refractivity contribution is 7.90. The predicted molar refractivity (Wildman–Crippen MR) is 139 cm³/mol. The summed E-state index contributed by atoms with van der Waals surface area (Å²) < 4.78 is 30.4. The van der Waals surface area contributed by atoms with Crippen LogP contribution in [0.5, 0.6) is 0 Å². The lowest BCUT2D eigenvalue weighted by molar-refractivity contribution is 0.0742. The van der Waals surface area contributed by atoms with E-state index in [4.69, 9.17) is 9.72 Å². The summed E-state index contributed by atoms with van der Waals surface area (Å²) in [4.78, 5) is 35.8. The number of sulfone groups is 1. The molecule has 9 nitrogen and oxygen atoms in total. The molecule has 2 amide bonds. The highest BCUT2D eigenvalue weighted by Gasteiger charge is 2.35. The highest BCUT2D eigenvalue weighted by atomic mass is 32.2. The van der Waals surface area contributed by atoms with Gasteiger partial charge < -0.3 is 14.5 Å². The van der Waals surface area contributed by atoms with E-state index in [2.05, 4.69) is 11.0 Å². The Labute approximate surface area is 217 Å². The van der Waals surface area contributed by atoms with E-state index in [0.717, 1.165) is 12.1 Å². The van der Waals surface area contributed by atoms with Gasteiger partial charge in [-0.3, -0.25) is 9.69 Å². The molecule has 6 rings (SSSR count). The minimum absolute atomic E-state index is 0.0716. The molecule has 2 aliphatic carbocycles. The second-order valence-corrected chi connectivity index (χ2v) is 12.7. The molecule has 0 spiro atoms. The normalized spacial score (nSPS) is 22.4. The Morgan fingerprint density at radius 3 is 2.32 bits per heavy atom. The lowest BCUT2D eigenvalue weighted by atomic mass is 10.1. The second kappa shape index (κ2) is 9.01. The van der Waals surface area contributed by atoms with E-state index in [1.807, 2.05) is 13.1 Å². The van der Waals surface area contributed by atoms with Crippen molar-refractivity contribution in [3.8, 4) is 0 Å². The van der Waals surface area contributed by atoms with E-state index in [9.17, 15) is 18.0 Å². The van der Waals surface area contributed by atoms with Crippen LogP contribution in [0.1, 0.15) is 65.9 Å². The van der Waals surface area contributed by atoms with Crippen LogP contribution in [0, 0.1) is 0 Å². The molecule has 4 aliphatic rings. The third kappa shape index (κ3) is 4.67. The van der Waals surface area contributed by atoms with E-state index in [1.54, 1.807) is 11.0 Å².